The maximum atomic E-state index is 12.7. The van der Waals surface area contributed by atoms with E-state index in [-0.39, 0.29) is 11.1 Å². The molecule has 9 rings (SSSR count). The molecular weight excluding hydrogens is 577 g/mol. The Bertz CT molecular complexity index is 1750. The smallest absolute Gasteiger partial charge is 0.336 e. The van der Waals surface area contributed by atoms with Crippen molar-refractivity contribution >= 4 is 42.2 Å². The van der Waals surface area contributed by atoms with Crippen molar-refractivity contribution < 1.29 is 24.4 Å². The molecule has 5 saturated heterocycles. The first kappa shape index (κ1) is 27.6. The second-order valence-electron chi connectivity index (χ2n) is 14.6. The van der Waals surface area contributed by atoms with Crippen LogP contribution in [0.4, 0.5) is 5.69 Å². The number of fused-ring (bicyclic) bond motifs is 8. The van der Waals surface area contributed by atoms with Gasteiger partial charge in [-0.05, 0) is 107 Å². The van der Waals surface area contributed by atoms with E-state index in [2.05, 4.69) is 45.9 Å². The van der Waals surface area contributed by atoms with Crippen LogP contribution in [0.1, 0.15) is 102 Å². The highest BCUT2D eigenvalue weighted by molar-refractivity contribution is 7.00. The Kier molecular flexibility index (Phi) is 6.22. The first-order valence-corrected chi connectivity index (χ1v) is 19.7. The molecule has 4 bridgehead atoms. The van der Waals surface area contributed by atoms with E-state index in [1.54, 1.807) is 6.07 Å². The summed E-state index contributed by atoms with van der Waals surface area (Å²) >= 11 is 0. The third kappa shape index (κ3) is 4.01. The summed E-state index contributed by atoms with van der Waals surface area (Å²) in [6, 6.07) is 16.5. The second-order valence-corrected chi connectivity index (χ2v) is 18.8. The molecular formula is C38H41N2O4Si+. The molecule has 6 heterocycles. The number of carboxylic acid groups (broad SMARTS) is 2. The monoisotopic (exact) mass is 617 g/mol. The molecule has 2 aromatic carbocycles. The largest absolute Gasteiger partial charge is 0.478 e. The molecule has 5 fully saturated rings. The summed E-state index contributed by atoms with van der Waals surface area (Å²) in [5.41, 5.74) is 6.64. The van der Waals surface area contributed by atoms with Crippen molar-refractivity contribution in [3.63, 3.8) is 0 Å². The van der Waals surface area contributed by atoms with E-state index < -0.39 is 20.0 Å². The zero-order chi connectivity index (χ0) is 30.4. The highest BCUT2D eigenvalue weighted by atomic mass is 28.3. The van der Waals surface area contributed by atoms with Gasteiger partial charge in [-0.3, -0.25) is 0 Å². The van der Waals surface area contributed by atoms with Crippen LogP contribution in [0.25, 0.3) is 5.57 Å². The van der Waals surface area contributed by atoms with Gasteiger partial charge in [0.2, 0.25) is 0 Å². The van der Waals surface area contributed by atoms with Gasteiger partial charge in [-0.2, -0.15) is 0 Å². The minimum absolute atomic E-state index is 0.122. The Morgan fingerprint density at radius 2 is 1.44 bits per heavy atom. The van der Waals surface area contributed by atoms with Gasteiger partial charge in [-0.25, -0.2) is 14.2 Å². The van der Waals surface area contributed by atoms with Crippen LogP contribution >= 0.6 is 0 Å². The van der Waals surface area contributed by atoms with Crippen LogP contribution in [-0.2, 0) is 0 Å². The summed E-state index contributed by atoms with van der Waals surface area (Å²) in [5, 5.41) is 23.3. The lowest BCUT2D eigenvalue weighted by molar-refractivity contribution is -0.554. The predicted molar refractivity (Wildman–Crippen MR) is 179 cm³/mol. The number of carbonyl (C=O) groups is 2. The molecule has 0 atom stereocenters. The number of carboxylic acids is 2. The van der Waals surface area contributed by atoms with Crippen LogP contribution in [0.5, 0.6) is 0 Å². The molecule has 1 aliphatic carbocycles. The molecule has 0 radical (unpaired) electrons. The SMILES string of the molecule is O=C(O)c1ccc(C(=O)O)c(C2=C3C=CC(=[N+]4C5CCC4CC5)C=C3[Si]3(CCCCC3)c3cc(N4C5CCC4CC5)ccc32)c1. The Hall–Kier alpha value is -3.71. The summed E-state index contributed by atoms with van der Waals surface area (Å²) in [6.07, 6.45) is 21.0. The molecule has 45 heavy (non-hydrogen) atoms. The number of hydrogen-bond donors (Lipinski definition) is 2. The van der Waals surface area contributed by atoms with E-state index in [1.807, 2.05) is 0 Å². The van der Waals surface area contributed by atoms with Crippen LogP contribution in [0, 0.1) is 0 Å². The Balaban J connectivity index is 1.34. The van der Waals surface area contributed by atoms with Crippen molar-refractivity contribution in [1.29, 1.82) is 0 Å². The van der Waals surface area contributed by atoms with Crippen LogP contribution in [0.15, 0.2) is 65.4 Å². The molecule has 0 aromatic heterocycles. The van der Waals surface area contributed by atoms with Gasteiger partial charge in [0.1, 0.15) is 8.07 Å². The van der Waals surface area contributed by atoms with Gasteiger partial charge in [0.25, 0.3) is 0 Å². The number of allylic oxidation sites excluding steroid dienone is 5. The Morgan fingerprint density at radius 3 is 2.09 bits per heavy atom. The summed E-state index contributed by atoms with van der Waals surface area (Å²) in [4.78, 5) is 27.6. The Labute approximate surface area is 265 Å². The summed E-state index contributed by atoms with van der Waals surface area (Å²) in [7, 11) is -2.22. The normalized spacial score (nSPS) is 29.0. The molecule has 6 nitrogen and oxygen atoms in total. The fourth-order valence-electron chi connectivity index (χ4n) is 10.6. The van der Waals surface area contributed by atoms with Crippen molar-refractivity contribution in [2.45, 2.75) is 107 Å². The second kappa shape index (κ2) is 10.1. The van der Waals surface area contributed by atoms with Gasteiger partial charge in [0, 0.05) is 55.6 Å². The van der Waals surface area contributed by atoms with Gasteiger partial charge in [-0.15, -0.1) is 0 Å². The highest BCUT2D eigenvalue weighted by Crippen LogP contribution is 2.49. The molecule has 0 saturated carbocycles. The van der Waals surface area contributed by atoms with Crippen molar-refractivity contribution in [1.82, 2.24) is 0 Å². The minimum atomic E-state index is -2.22. The summed E-state index contributed by atoms with van der Waals surface area (Å²) < 4.78 is 2.70. The Morgan fingerprint density at radius 1 is 0.756 bits per heavy atom. The molecule has 6 aliphatic heterocycles. The molecule has 7 aliphatic rings. The number of rotatable bonds is 4. The number of benzene rings is 2. The van der Waals surface area contributed by atoms with Crippen LogP contribution < -0.4 is 10.1 Å². The van der Waals surface area contributed by atoms with E-state index in [1.165, 1.54) is 117 Å². The topological polar surface area (TPSA) is 80.8 Å². The summed E-state index contributed by atoms with van der Waals surface area (Å²) in [5.74, 6) is -2.06. The van der Waals surface area contributed by atoms with Gasteiger partial charge in [0.15, 0.2) is 17.8 Å². The zero-order valence-electron chi connectivity index (χ0n) is 25.8. The fourth-order valence-corrected chi connectivity index (χ4v) is 16.2. The van der Waals surface area contributed by atoms with E-state index >= 15 is 0 Å². The number of hydrogen-bond acceptors (Lipinski definition) is 3. The third-order valence-electron chi connectivity index (χ3n) is 12.6. The van der Waals surface area contributed by atoms with E-state index in [0.717, 1.165) is 16.7 Å². The van der Waals surface area contributed by atoms with Crippen molar-refractivity contribution in [2.24, 2.45) is 0 Å². The number of anilines is 1. The van der Waals surface area contributed by atoms with Crippen LogP contribution in [0.2, 0.25) is 12.1 Å². The predicted octanol–water partition coefficient (Wildman–Crippen LogP) is 6.68. The van der Waals surface area contributed by atoms with Gasteiger partial charge in [0.05, 0.1) is 11.1 Å². The average molecular weight is 618 g/mol. The lowest BCUT2D eigenvalue weighted by atomic mass is 9.86. The molecule has 0 unspecified atom stereocenters. The minimum Gasteiger partial charge on any atom is -0.478 e. The van der Waals surface area contributed by atoms with E-state index in [4.69, 9.17) is 0 Å². The number of nitrogens with zero attached hydrogens (tertiary/aromatic N) is 2. The molecule has 2 aromatic rings. The molecule has 0 amide bonds. The van der Waals surface area contributed by atoms with Crippen LogP contribution in [0.3, 0.4) is 0 Å². The maximum absolute atomic E-state index is 12.7. The number of aromatic carboxylic acids is 2. The molecule has 2 N–H and O–H groups in total. The lowest BCUT2D eigenvalue weighted by Gasteiger charge is -2.45. The standard InChI is InChI=1S/C38H40N2O4Si/c41-37(42)23-4-15-30(38(43)44)33(20-23)36-31-16-13-28(39-24-5-6-25(39)8-7-24)21-34(31)45(18-2-1-3-19-45)35-22-29(14-17-32(35)36)40-26-9-10-27(40)12-11-26/h4,13-17,20-22,24-27H,1-3,5-12,18-19H2,(H-,41,42,43,44)/p+1. The van der Waals surface area contributed by atoms with Crippen molar-refractivity contribution in [3.05, 3.63) is 87.6 Å². The lowest BCUT2D eigenvalue weighted by Crippen LogP contribution is -2.55. The molecule has 1 spiro atoms. The highest BCUT2D eigenvalue weighted by Gasteiger charge is 2.50. The molecule has 7 heteroatoms. The zero-order valence-corrected chi connectivity index (χ0v) is 26.8. The van der Waals surface area contributed by atoms with Gasteiger partial charge >= 0.3 is 11.9 Å². The average Bonchev–Trinajstić information content (AvgIpc) is 3.87. The maximum Gasteiger partial charge on any atom is 0.336 e. The third-order valence-corrected chi connectivity index (χ3v) is 17.9. The van der Waals surface area contributed by atoms with E-state index in [9.17, 15) is 19.8 Å². The van der Waals surface area contributed by atoms with E-state index in [0.29, 0.717) is 29.7 Å². The van der Waals surface area contributed by atoms with Gasteiger partial charge < -0.3 is 15.1 Å². The fraction of sp³-hybridized carbons (Fsp3) is 0.447. The quantitative estimate of drug-likeness (QED) is 0.296. The first-order chi connectivity index (χ1) is 21.9. The molecule has 230 valence electrons. The first-order valence-electron chi connectivity index (χ1n) is 17.3. The summed E-state index contributed by atoms with van der Waals surface area (Å²) in [6.45, 7) is 0. The van der Waals surface area contributed by atoms with Crippen molar-refractivity contribution in [3.8, 4) is 0 Å². The van der Waals surface area contributed by atoms with Crippen molar-refractivity contribution in [2.75, 3.05) is 4.90 Å². The van der Waals surface area contributed by atoms with Crippen LogP contribution in [-0.4, -0.2) is 64.7 Å². The van der Waals surface area contributed by atoms with Gasteiger partial charge in [-0.1, -0.05) is 25.3 Å².